The van der Waals surface area contributed by atoms with Crippen LogP contribution in [0, 0.1) is 0 Å². The number of ether oxygens (including phenoxy) is 2. The Labute approximate surface area is 217 Å². The van der Waals surface area contributed by atoms with E-state index in [-0.39, 0.29) is 30.6 Å². The Balaban J connectivity index is 0.00000304. The number of morpholine rings is 1. The molecule has 0 saturated carbocycles. The van der Waals surface area contributed by atoms with Gasteiger partial charge in [0.25, 0.3) is 5.91 Å². The first-order chi connectivity index (χ1) is 16.9. The van der Waals surface area contributed by atoms with Crippen molar-refractivity contribution in [3.63, 3.8) is 0 Å². The quantitative estimate of drug-likeness (QED) is 0.597. The summed E-state index contributed by atoms with van der Waals surface area (Å²) in [6.07, 6.45) is 0.578. The van der Waals surface area contributed by atoms with E-state index in [0.717, 1.165) is 30.9 Å². The zero-order valence-electron chi connectivity index (χ0n) is 20.6. The minimum Gasteiger partial charge on any atom is -0.489 e. The van der Waals surface area contributed by atoms with Crippen molar-refractivity contribution in [2.24, 2.45) is 0 Å². The van der Waals surface area contributed by atoms with Crippen molar-refractivity contribution in [2.45, 2.75) is 64.5 Å². The Morgan fingerprint density at radius 3 is 2.39 bits per heavy atom. The monoisotopic (exact) mass is 513 g/mol. The van der Waals surface area contributed by atoms with Gasteiger partial charge in [0, 0.05) is 36.2 Å². The average Bonchev–Trinajstić information content (AvgIpc) is 3.18. The Hall–Kier alpha value is -2.94. The summed E-state index contributed by atoms with van der Waals surface area (Å²) < 4.78 is 11.8. The van der Waals surface area contributed by atoms with Crippen LogP contribution in [0.25, 0.3) is 0 Å². The number of piperidine rings is 1. The van der Waals surface area contributed by atoms with Crippen LogP contribution in [0.2, 0.25) is 0 Å². The minimum absolute atomic E-state index is 0. The number of halogens is 1. The maximum Gasteiger partial charge on any atom is 0.255 e. The lowest BCUT2D eigenvalue weighted by molar-refractivity contribution is -0.136. The number of nitrogens with zero attached hydrogens (tertiary/aromatic N) is 2. The van der Waals surface area contributed by atoms with Gasteiger partial charge in [0.2, 0.25) is 11.8 Å². The second-order valence-corrected chi connectivity index (χ2v) is 9.70. The highest BCUT2D eigenvalue weighted by atomic mass is 35.5. The number of nitrogens with one attached hydrogen (secondary N) is 1. The second-order valence-electron chi connectivity index (χ2n) is 9.70. The van der Waals surface area contributed by atoms with Crippen molar-refractivity contribution < 1.29 is 23.9 Å². The van der Waals surface area contributed by atoms with E-state index in [1.165, 1.54) is 5.56 Å². The smallest absolute Gasteiger partial charge is 0.255 e. The summed E-state index contributed by atoms with van der Waals surface area (Å²) >= 11 is 0. The Morgan fingerprint density at radius 1 is 1.00 bits per heavy atom. The summed E-state index contributed by atoms with van der Waals surface area (Å²) in [6, 6.07) is 14.0. The molecule has 3 atom stereocenters. The van der Waals surface area contributed by atoms with Crippen LogP contribution in [-0.4, -0.2) is 58.9 Å². The van der Waals surface area contributed by atoms with Gasteiger partial charge in [-0.25, -0.2) is 0 Å². The predicted molar refractivity (Wildman–Crippen MR) is 136 cm³/mol. The van der Waals surface area contributed by atoms with Gasteiger partial charge in [0.05, 0.1) is 19.8 Å². The Morgan fingerprint density at radius 2 is 1.69 bits per heavy atom. The molecular weight excluding hydrogens is 482 g/mol. The molecule has 5 rings (SSSR count). The molecule has 2 saturated heterocycles. The molecule has 2 aromatic rings. The van der Waals surface area contributed by atoms with Crippen LogP contribution >= 0.6 is 12.4 Å². The largest absolute Gasteiger partial charge is 0.489 e. The van der Waals surface area contributed by atoms with Gasteiger partial charge in [0.15, 0.2) is 0 Å². The van der Waals surface area contributed by atoms with Crippen molar-refractivity contribution in [3.8, 4) is 5.75 Å². The van der Waals surface area contributed by atoms with E-state index in [9.17, 15) is 14.4 Å². The van der Waals surface area contributed by atoms with E-state index < -0.39 is 11.9 Å². The molecule has 0 aliphatic carbocycles. The van der Waals surface area contributed by atoms with Crippen LogP contribution in [0.3, 0.4) is 0 Å². The number of fused-ring (bicyclic) bond motifs is 1. The highest BCUT2D eigenvalue weighted by molar-refractivity contribution is 6.05. The van der Waals surface area contributed by atoms with Crippen LogP contribution in [0.5, 0.6) is 5.75 Å². The van der Waals surface area contributed by atoms with Crippen molar-refractivity contribution in [1.29, 1.82) is 0 Å². The van der Waals surface area contributed by atoms with Gasteiger partial charge in [-0.15, -0.1) is 12.4 Å². The molecule has 0 unspecified atom stereocenters. The molecule has 2 aromatic carbocycles. The molecule has 0 bridgehead atoms. The highest BCUT2D eigenvalue weighted by Gasteiger charge is 2.40. The number of imide groups is 1. The summed E-state index contributed by atoms with van der Waals surface area (Å²) in [4.78, 5) is 40.8. The number of benzene rings is 2. The number of carbonyl (C=O) groups excluding carboxylic acids is 3. The van der Waals surface area contributed by atoms with Crippen LogP contribution in [0.1, 0.15) is 53.7 Å². The predicted octanol–water partition coefficient (Wildman–Crippen LogP) is 3.06. The van der Waals surface area contributed by atoms with Crippen molar-refractivity contribution in [3.05, 3.63) is 64.7 Å². The lowest BCUT2D eigenvalue weighted by atomic mass is 10.0. The number of hydrogen-bond donors (Lipinski definition) is 1. The second kappa shape index (κ2) is 11.0. The highest BCUT2D eigenvalue weighted by Crippen LogP contribution is 2.34. The molecule has 2 fully saturated rings. The van der Waals surface area contributed by atoms with Gasteiger partial charge in [0.1, 0.15) is 18.4 Å². The molecule has 0 radical (unpaired) electrons. The first-order valence-electron chi connectivity index (χ1n) is 12.2. The number of hydrogen-bond acceptors (Lipinski definition) is 6. The molecule has 1 N–H and O–H groups in total. The van der Waals surface area contributed by atoms with Crippen molar-refractivity contribution in [2.75, 3.05) is 13.2 Å². The molecule has 3 amide bonds. The summed E-state index contributed by atoms with van der Waals surface area (Å²) in [6.45, 7) is 7.49. The molecule has 192 valence electrons. The summed E-state index contributed by atoms with van der Waals surface area (Å²) in [7, 11) is 0. The zero-order valence-corrected chi connectivity index (χ0v) is 21.4. The fraction of sp³-hybridized carbons (Fsp3) is 0.444. The fourth-order valence-electron chi connectivity index (χ4n) is 5.15. The molecule has 0 spiro atoms. The number of rotatable bonds is 6. The third kappa shape index (κ3) is 5.26. The van der Waals surface area contributed by atoms with E-state index in [0.29, 0.717) is 43.0 Å². The van der Waals surface area contributed by atoms with Gasteiger partial charge in [-0.1, -0.05) is 30.3 Å². The Bertz CT molecular complexity index is 1130. The molecule has 3 aliphatic rings. The van der Waals surface area contributed by atoms with Crippen LogP contribution in [-0.2, 0) is 34.0 Å². The molecule has 36 heavy (non-hydrogen) atoms. The summed E-state index contributed by atoms with van der Waals surface area (Å²) in [5.74, 6) is -0.258. The van der Waals surface area contributed by atoms with Gasteiger partial charge in [-0.3, -0.25) is 24.6 Å². The maximum absolute atomic E-state index is 13.0. The molecular formula is C27H32ClN3O5. The van der Waals surface area contributed by atoms with Crippen LogP contribution < -0.4 is 10.1 Å². The molecule has 8 nitrogen and oxygen atoms in total. The minimum atomic E-state index is -0.634. The number of carbonyl (C=O) groups is 3. The molecule has 0 aromatic heterocycles. The van der Waals surface area contributed by atoms with Gasteiger partial charge in [-0.05, 0) is 43.5 Å². The van der Waals surface area contributed by atoms with Crippen LogP contribution in [0.4, 0.5) is 0 Å². The summed E-state index contributed by atoms with van der Waals surface area (Å²) in [5.41, 5.74) is 3.63. The molecule has 9 heteroatoms. The molecule has 3 aliphatic heterocycles. The lowest BCUT2D eigenvalue weighted by Gasteiger charge is -2.38. The number of amides is 3. The molecule has 3 heterocycles. The first kappa shape index (κ1) is 26.1. The third-order valence-corrected chi connectivity index (χ3v) is 7.17. The van der Waals surface area contributed by atoms with Gasteiger partial charge < -0.3 is 14.4 Å². The standard InChI is InChI=1S/C27H31N3O5.ClH/c1-17-14-34-15-18(2)29(17)12-19-6-8-20(9-7-19)16-35-24-5-3-4-21-22(24)13-30(27(21)33)23-10-11-25(31)28-26(23)32;/h3-9,17-18,23H,10-16H2,1-2H3,(H,28,31,32);1H/t17-,18-,23-;/m0./s1. The Kier molecular flexibility index (Phi) is 7.97. The van der Waals surface area contributed by atoms with Crippen LogP contribution in [0.15, 0.2) is 42.5 Å². The topological polar surface area (TPSA) is 88.2 Å². The van der Waals surface area contributed by atoms with E-state index in [2.05, 4.69) is 48.3 Å². The first-order valence-corrected chi connectivity index (χ1v) is 12.2. The van der Waals surface area contributed by atoms with Crippen molar-refractivity contribution >= 4 is 30.1 Å². The average molecular weight is 514 g/mol. The summed E-state index contributed by atoms with van der Waals surface area (Å²) in [5, 5.41) is 2.34. The van der Waals surface area contributed by atoms with Gasteiger partial charge in [-0.2, -0.15) is 0 Å². The zero-order chi connectivity index (χ0) is 24.5. The third-order valence-electron chi connectivity index (χ3n) is 7.17. The normalized spacial score (nSPS) is 24.2. The van der Waals surface area contributed by atoms with Crippen molar-refractivity contribution in [1.82, 2.24) is 15.1 Å². The lowest BCUT2D eigenvalue weighted by Crippen LogP contribution is -2.52. The maximum atomic E-state index is 13.0. The van der Waals surface area contributed by atoms with E-state index in [1.807, 2.05) is 6.07 Å². The van der Waals surface area contributed by atoms with E-state index >= 15 is 0 Å². The fourth-order valence-corrected chi connectivity index (χ4v) is 5.15. The SMILES string of the molecule is C[C@H]1COC[C@H](C)N1Cc1ccc(COc2cccc3c2CN([C@H]2CCC(=O)NC2=O)C3=O)cc1.Cl. The van der Waals surface area contributed by atoms with E-state index in [4.69, 9.17) is 9.47 Å². The van der Waals surface area contributed by atoms with E-state index in [1.54, 1.807) is 17.0 Å². The van der Waals surface area contributed by atoms with Gasteiger partial charge >= 0.3 is 0 Å².